The Hall–Kier alpha value is -6.61. The molecule has 1 saturated heterocycles. The Bertz CT molecular complexity index is 2660. The number of fused-ring (bicyclic) bond motifs is 1. The van der Waals surface area contributed by atoms with Crippen LogP contribution in [0.3, 0.4) is 0 Å². The SMILES string of the molecule is Cc1cc(OCCCC(=O)NCCNC(=O)[C@H](CS(=O)(=O)O)NC(=O)CN2CCN(CC(=O)O)CCN(CC(=O)O)CCN(CC(=O)O)CC2)cc(C)c1S(=O)(=O)NC(CNC(=O)CCCCc1ccc2c(n1)NCCC2)C(=O)O. The number of hydrogen-bond donors (Lipinski definition) is 11. The molecule has 80 heavy (non-hydrogen) atoms. The number of pyridine rings is 1. The van der Waals surface area contributed by atoms with E-state index in [2.05, 4.69) is 42.4 Å². The van der Waals surface area contributed by atoms with E-state index in [1.807, 2.05) is 6.07 Å². The molecule has 29 nitrogen and oxygen atoms in total. The molecule has 4 rings (SSSR count). The van der Waals surface area contributed by atoms with Gasteiger partial charge in [-0.05, 0) is 87.3 Å². The number of carboxylic acids is 4. The molecule has 2 aliphatic rings. The standard InChI is InChI=1S/C49H75N11O18S2/c1-33-25-37(26-34(2)46(33)80(76,77)56-38(49(71)72)27-53-41(62)9-4-3-8-36-12-11-35-7-5-13-51-47(35)54-36)78-24-6-10-40(61)50-14-15-52-48(70)39(32-79(73,74)75)55-42(63)28-57-16-18-58(29-43(64)65)20-22-60(31-45(68)69)23-21-59(19-17-57)30-44(66)67/h11-12,25-26,38-39,56H,3-10,13-24,27-32H2,1-2H3,(H,50,61)(H,51,54)(H,52,70)(H,53,62)(H,55,63)(H,64,65)(H,66,67)(H,68,69)(H,71,72)(H,73,74,75)/t38?,39-/m0/s1. The number of anilines is 1. The first-order chi connectivity index (χ1) is 37.8. The number of carbonyl (C=O) groups excluding carboxylic acids is 4. The molecule has 1 aromatic carbocycles. The summed E-state index contributed by atoms with van der Waals surface area (Å²) < 4.78 is 68.4. The van der Waals surface area contributed by atoms with Gasteiger partial charge in [0.25, 0.3) is 10.1 Å². The molecule has 446 valence electrons. The van der Waals surface area contributed by atoms with Gasteiger partial charge in [-0.3, -0.25) is 62.5 Å². The molecule has 0 bridgehead atoms. The molecule has 0 radical (unpaired) electrons. The van der Waals surface area contributed by atoms with Gasteiger partial charge in [-0.1, -0.05) is 6.07 Å². The number of rotatable bonds is 31. The van der Waals surface area contributed by atoms with Crippen molar-refractivity contribution in [1.82, 2.24) is 50.6 Å². The number of carboxylic acid groups (broad SMARTS) is 4. The fraction of sp³-hybridized carbons (Fsp3) is 0.612. The number of unbranched alkanes of at least 4 members (excludes halogenated alkanes) is 1. The van der Waals surface area contributed by atoms with Crippen molar-refractivity contribution in [1.29, 1.82) is 0 Å². The number of nitrogens with zero attached hydrogens (tertiary/aromatic N) is 5. The zero-order valence-corrected chi connectivity index (χ0v) is 46.6. The van der Waals surface area contributed by atoms with Crippen LogP contribution in [0.1, 0.15) is 60.9 Å². The van der Waals surface area contributed by atoms with Gasteiger partial charge >= 0.3 is 23.9 Å². The topological polar surface area (TPSA) is 413 Å². The maximum Gasteiger partial charge on any atom is 0.323 e. The zero-order chi connectivity index (χ0) is 59.0. The number of carbonyl (C=O) groups is 8. The Labute approximate surface area is 464 Å². The monoisotopic (exact) mass is 1170 g/mol. The largest absolute Gasteiger partial charge is 0.494 e. The highest BCUT2D eigenvalue weighted by atomic mass is 32.2. The van der Waals surface area contributed by atoms with Gasteiger partial charge in [-0.2, -0.15) is 13.1 Å². The van der Waals surface area contributed by atoms with Gasteiger partial charge in [-0.15, -0.1) is 0 Å². The molecule has 0 aliphatic carbocycles. The van der Waals surface area contributed by atoms with E-state index in [0.29, 0.717) is 19.3 Å². The number of benzene rings is 1. The van der Waals surface area contributed by atoms with Crippen LogP contribution in [0.15, 0.2) is 29.2 Å². The number of ether oxygens (including phenoxy) is 1. The summed E-state index contributed by atoms with van der Waals surface area (Å²) in [7, 11) is -9.25. The molecular weight excluding hydrogens is 1090 g/mol. The van der Waals surface area contributed by atoms with Gasteiger partial charge in [0, 0.05) is 97.1 Å². The molecule has 4 amide bonds. The smallest absolute Gasteiger partial charge is 0.323 e. The lowest BCUT2D eigenvalue weighted by Crippen LogP contribution is -2.54. The van der Waals surface area contributed by atoms with Crippen LogP contribution in [-0.4, -0.2) is 243 Å². The van der Waals surface area contributed by atoms with Crippen LogP contribution in [0.5, 0.6) is 5.75 Å². The fourth-order valence-corrected chi connectivity index (χ4v) is 11.2. The van der Waals surface area contributed by atoms with Crippen LogP contribution in [0.2, 0.25) is 0 Å². The molecule has 1 aromatic heterocycles. The number of nitrogens with one attached hydrogen (secondary N) is 6. The predicted octanol–water partition coefficient (Wildman–Crippen LogP) is -2.44. The second-order valence-corrected chi connectivity index (χ2v) is 22.6. The van der Waals surface area contributed by atoms with Gasteiger partial charge in [0.05, 0.1) is 37.7 Å². The summed E-state index contributed by atoms with van der Waals surface area (Å²) in [4.78, 5) is 109. The Balaban J connectivity index is 1.20. The van der Waals surface area contributed by atoms with Gasteiger partial charge in [0.1, 0.15) is 29.4 Å². The van der Waals surface area contributed by atoms with Gasteiger partial charge in [0.2, 0.25) is 33.7 Å². The normalized spacial score (nSPS) is 16.0. The summed E-state index contributed by atoms with van der Waals surface area (Å²) in [5.74, 6) is -7.75. The Morgan fingerprint density at radius 2 is 1.20 bits per heavy atom. The van der Waals surface area contributed by atoms with E-state index in [0.717, 1.165) is 30.9 Å². The van der Waals surface area contributed by atoms with E-state index in [1.165, 1.54) is 41.3 Å². The van der Waals surface area contributed by atoms with Crippen molar-refractivity contribution < 1.29 is 84.9 Å². The number of aryl methyl sites for hydroxylation is 4. The molecule has 3 heterocycles. The molecule has 0 saturated carbocycles. The molecule has 11 N–H and O–H groups in total. The highest BCUT2D eigenvalue weighted by molar-refractivity contribution is 7.89. The van der Waals surface area contributed by atoms with Gasteiger partial charge in [0.15, 0.2) is 0 Å². The summed E-state index contributed by atoms with van der Waals surface area (Å²) in [6, 6.07) is 3.44. The van der Waals surface area contributed by atoms with Crippen molar-refractivity contribution in [2.24, 2.45) is 0 Å². The minimum atomic E-state index is -4.84. The van der Waals surface area contributed by atoms with Crippen LogP contribution in [0.4, 0.5) is 5.82 Å². The predicted molar refractivity (Wildman–Crippen MR) is 287 cm³/mol. The van der Waals surface area contributed by atoms with Crippen molar-refractivity contribution in [3.63, 3.8) is 0 Å². The molecule has 31 heteroatoms. The molecule has 2 aromatic rings. The third-order valence-corrected chi connectivity index (χ3v) is 15.3. The fourth-order valence-electron chi connectivity index (χ4n) is 8.89. The van der Waals surface area contributed by atoms with E-state index in [1.54, 1.807) is 9.80 Å². The van der Waals surface area contributed by atoms with E-state index >= 15 is 0 Å². The molecular formula is C49H75N11O18S2. The number of sulfonamides is 1. The van der Waals surface area contributed by atoms with Crippen molar-refractivity contribution >= 4 is 73.5 Å². The molecule has 0 spiro atoms. The van der Waals surface area contributed by atoms with Crippen LogP contribution < -0.4 is 36.0 Å². The van der Waals surface area contributed by atoms with Crippen LogP contribution in [0.25, 0.3) is 0 Å². The van der Waals surface area contributed by atoms with Crippen molar-refractivity contribution in [3.8, 4) is 5.75 Å². The summed E-state index contributed by atoms with van der Waals surface area (Å²) >= 11 is 0. The first kappa shape index (κ1) is 65.9. The second-order valence-electron chi connectivity index (χ2n) is 19.5. The summed E-state index contributed by atoms with van der Waals surface area (Å²) in [5, 5.41) is 51.2. The second kappa shape index (κ2) is 32.6. The van der Waals surface area contributed by atoms with Gasteiger partial charge in [-0.25, -0.2) is 13.4 Å². The summed E-state index contributed by atoms with van der Waals surface area (Å²) in [6.07, 6.45) is 4.11. The van der Waals surface area contributed by atoms with E-state index in [9.17, 15) is 80.2 Å². The van der Waals surface area contributed by atoms with Crippen molar-refractivity contribution in [2.45, 2.75) is 82.2 Å². The lowest BCUT2D eigenvalue weighted by molar-refractivity contribution is -0.140. The van der Waals surface area contributed by atoms with E-state index < -0.39 is 112 Å². The highest BCUT2D eigenvalue weighted by Crippen LogP contribution is 2.26. The average molecular weight is 1170 g/mol. The number of amides is 4. The first-order valence-corrected chi connectivity index (χ1v) is 29.2. The lowest BCUT2D eigenvalue weighted by atomic mass is 10.1. The summed E-state index contributed by atoms with van der Waals surface area (Å²) in [6.45, 7) is 2.17. The highest BCUT2D eigenvalue weighted by Gasteiger charge is 2.30. The Kier molecular flexibility index (Phi) is 26.9. The molecule has 2 atom stereocenters. The maximum absolute atomic E-state index is 13.5. The lowest BCUT2D eigenvalue weighted by Gasteiger charge is -2.33. The molecule has 1 fully saturated rings. The van der Waals surface area contributed by atoms with E-state index in [4.69, 9.17) is 4.74 Å². The minimum Gasteiger partial charge on any atom is -0.494 e. The van der Waals surface area contributed by atoms with Crippen LogP contribution in [0, 0.1) is 13.8 Å². The van der Waals surface area contributed by atoms with Crippen molar-refractivity contribution in [2.75, 3.05) is 122 Å². The van der Waals surface area contributed by atoms with Crippen LogP contribution >= 0.6 is 0 Å². The number of aromatic nitrogens is 1. The molecule has 1 unspecified atom stereocenters. The van der Waals surface area contributed by atoms with Crippen molar-refractivity contribution in [3.05, 3.63) is 46.6 Å². The first-order valence-electron chi connectivity index (χ1n) is 26.1. The van der Waals surface area contributed by atoms with Crippen LogP contribution in [-0.2, 0) is 71.3 Å². The Morgan fingerprint density at radius 3 is 1.74 bits per heavy atom. The Morgan fingerprint density at radius 1 is 0.675 bits per heavy atom. The zero-order valence-electron chi connectivity index (χ0n) is 44.9. The summed E-state index contributed by atoms with van der Waals surface area (Å²) in [5.41, 5.74) is 2.55. The maximum atomic E-state index is 13.5. The average Bonchev–Trinajstić information content (AvgIpc) is 3.36. The minimum absolute atomic E-state index is 0.0134. The van der Waals surface area contributed by atoms with E-state index in [-0.39, 0.29) is 120 Å². The number of hydrogen-bond acceptors (Lipinski definition) is 19. The molecule has 2 aliphatic heterocycles. The third kappa shape index (κ3) is 24.8. The quantitative estimate of drug-likeness (QED) is 0.0276. The third-order valence-electron chi connectivity index (χ3n) is 12.8. The van der Waals surface area contributed by atoms with Gasteiger partial charge < -0.3 is 51.7 Å². The number of aliphatic carboxylic acids is 4.